The van der Waals surface area contributed by atoms with Crippen molar-refractivity contribution in [3.05, 3.63) is 35.9 Å². The fourth-order valence-corrected chi connectivity index (χ4v) is 2.35. The van der Waals surface area contributed by atoms with Gasteiger partial charge in [-0.25, -0.2) is 0 Å². The van der Waals surface area contributed by atoms with Crippen molar-refractivity contribution in [2.75, 3.05) is 19.6 Å². The summed E-state index contributed by atoms with van der Waals surface area (Å²) in [7, 11) is 0. The molecule has 1 heterocycles. The van der Waals surface area contributed by atoms with E-state index in [0.29, 0.717) is 6.54 Å². The summed E-state index contributed by atoms with van der Waals surface area (Å²) in [4.78, 5) is 14.2. The lowest BCUT2D eigenvalue weighted by molar-refractivity contribution is -0.134. The Labute approximate surface area is 115 Å². The Morgan fingerprint density at radius 1 is 1.37 bits per heavy atom. The maximum atomic E-state index is 12.3. The van der Waals surface area contributed by atoms with Crippen molar-refractivity contribution in [3.8, 4) is 0 Å². The van der Waals surface area contributed by atoms with Gasteiger partial charge in [0, 0.05) is 25.7 Å². The normalized spacial score (nSPS) is 21.5. The Hall–Kier alpha value is -1.39. The van der Waals surface area contributed by atoms with Crippen LogP contribution in [0.4, 0.5) is 0 Å². The van der Waals surface area contributed by atoms with Gasteiger partial charge in [-0.05, 0) is 11.5 Å². The smallest absolute Gasteiger partial charge is 0.239 e. The van der Waals surface area contributed by atoms with Crippen LogP contribution in [-0.2, 0) is 4.79 Å². The van der Waals surface area contributed by atoms with Crippen molar-refractivity contribution < 1.29 is 4.79 Å². The third-order valence-corrected chi connectivity index (χ3v) is 3.69. The highest BCUT2D eigenvalue weighted by molar-refractivity contribution is 5.82. The van der Waals surface area contributed by atoms with Crippen molar-refractivity contribution in [2.24, 2.45) is 11.7 Å². The van der Waals surface area contributed by atoms with Gasteiger partial charge < -0.3 is 16.0 Å². The molecule has 4 nitrogen and oxygen atoms in total. The van der Waals surface area contributed by atoms with E-state index in [9.17, 15) is 4.79 Å². The van der Waals surface area contributed by atoms with Gasteiger partial charge in [-0.3, -0.25) is 4.79 Å². The predicted molar refractivity (Wildman–Crippen MR) is 76.6 cm³/mol. The Bertz CT molecular complexity index is 419. The molecule has 0 bridgehead atoms. The van der Waals surface area contributed by atoms with E-state index in [1.165, 1.54) is 5.56 Å². The molecule has 0 aliphatic carbocycles. The first-order chi connectivity index (χ1) is 9.09. The van der Waals surface area contributed by atoms with Gasteiger partial charge in [-0.1, -0.05) is 44.2 Å². The maximum absolute atomic E-state index is 12.3. The molecule has 1 amide bonds. The van der Waals surface area contributed by atoms with E-state index in [4.69, 9.17) is 5.73 Å². The standard InChI is InChI=1S/C15H23N3O/c1-11(2)14(16)15(19)18-9-8-17-13(10-18)12-6-4-3-5-7-12/h3-7,11,13-14,17H,8-10,16H2,1-2H3. The van der Waals surface area contributed by atoms with Gasteiger partial charge in [0.05, 0.1) is 6.04 Å². The third-order valence-electron chi connectivity index (χ3n) is 3.69. The molecular formula is C15H23N3O. The van der Waals surface area contributed by atoms with Crippen LogP contribution in [0.5, 0.6) is 0 Å². The van der Waals surface area contributed by atoms with Crippen LogP contribution in [0.3, 0.4) is 0 Å². The predicted octanol–water partition coefficient (Wildman–Crippen LogP) is 1.14. The minimum atomic E-state index is -0.394. The number of hydrogen-bond donors (Lipinski definition) is 2. The zero-order valence-corrected chi connectivity index (χ0v) is 11.7. The highest BCUT2D eigenvalue weighted by Crippen LogP contribution is 2.18. The number of nitrogens with one attached hydrogen (secondary N) is 1. The third kappa shape index (κ3) is 3.33. The summed E-state index contributed by atoms with van der Waals surface area (Å²) in [6, 6.07) is 10.1. The topological polar surface area (TPSA) is 58.4 Å². The van der Waals surface area contributed by atoms with Crippen molar-refractivity contribution >= 4 is 5.91 Å². The molecule has 2 rings (SSSR count). The number of piperazine rings is 1. The van der Waals surface area contributed by atoms with E-state index < -0.39 is 6.04 Å². The van der Waals surface area contributed by atoms with Crippen LogP contribution in [0.15, 0.2) is 30.3 Å². The summed E-state index contributed by atoms with van der Waals surface area (Å²) in [5.41, 5.74) is 7.18. The first-order valence-corrected chi connectivity index (χ1v) is 6.92. The van der Waals surface area contributed by atoms with E-state index in [-0.39, 0.29) is 17.9 Å². The first kappa shape index (κ1) is 14.0. The van der Waals surface area contributed by atoms with E-state index in [2.05, 4.69) is 17.4 Å². The Balaban J connectivity index is 2.03. The van der Waals surface area contributed by atoms with Gasteiger partial charge in [0.2, 0.25) is 5.91 Å². The zero-order chi connectivity index (χ0) is 13.8. The number of carbonyl (C=O) groups excluding carboxylic acids is 1. The molecule has 2 unspecified atom stereocenters. The summed E-state index contributed by atoms with van der Waals surface area (Å²) in [5, 5.41) is 3.45. The number of nitrogens with zero attached hydrogens (tertiary/aromatic N) is 1. The molecule has 0 saturated carbocycles. The summed E-state index contributed by atoms with van der Waals surface area (Å²) in [5.74, 6) is 0.245. The largest absolute Gasteiger partial charge is 0.338 e. The quantitative estimate of drug-likeness (QED) is 0.858. The second-order valence-electron chi connectivity index (χ2n) is 5.47. The van der Waals surface area contributed by atoms with Gasteiger partial charge in [-0.2, -0.15) is 0 Å². The number of benzene rings is 1. The average Bonchev–Trinajstić information content (AvgIpc) is 2.46. The minimum absolute atomic E-state index is 0.0671. The van der Waals surface area contributed by atoms with Gasteiger partial charge in [-0.15, -0.1) is 0 Å². The van der Waals surface area contributed by atoms with Crippen LogP contribution in [0, 0.1) is 5.92 Å². The van der Waals surface area contributed by atoms with Crippen molar-refractivity contribution in [1.82, 2.24) is 10.2 Å². The van der Waals surface area contributed by atoms with Crippen molar-refractivity contribution in [3.63, 3.8) is 0 Å². The lowest BCUT2D eigenvalue weighted by Crippen LogP contribution is -2.54. The lowest BCUT2D eigenvalue weighted by atomic mass is 10.0. The van der Waals surface area contributed by atoms with Crippen LogP contribution in [0.25, 0.3) is 0 Å². The number of carbonyl (C=O) groups is 1. The molecule has 4 heteroatoms. The molecule has 104 valence electrons. The summed E-state index contributed by atoms with van der Waals surface area (Å²) < 4.78 is 0. The lowest BCUT2D eigenvalue weighted by Gasteiger charge is -2.36. The molecule has 0 spiro atoms. The van der Waals surface area contributed by atoms with Gasteiger partial charge in [0.15, 0.2) is 0 Å². The van der Waals surface area contributed by atoms with E-state index in [1.54, 1.807) is 0 Å². The summed E-state index contributed by atoms with van der Waals surface area (Å²) in [6.45, 7) is 6.22. The monoisotopic (exact) mass is 261 g/mol. The molecule has 1 aromatic rings. The highest BCUT2D eigenvalue weighted by atomic mass is 16.2. The molecular weight excluding hydrogens is 238 g/mol. The molecule has 1 aliphatic heterocycles. The average molecular weight is 261 g/mol. The molecule has 3 N–H and O–H groups in total. The van der Waals surface area contributed by atoms with E-state index in [1.807, 2.05) is 36.9 Å². The molecule has 1 fully saturated rings. The molecule has 19 heavy (non-hydrogen) atoms. The molecule has 1 aromatic carbocycles. The fraction of sp³-hybridized carbons (Fsp3) is 0.533. The van der Waals surface area contributed by atoms with Crippen LogP contribution in [0.2, 0.25) is 0 Å². The van der Waals surface area contributed by atoms with Gasteiger partial charge >= 0.3 is 0 Å². The second kappa shape index (κ2) is 6.17. The Morgan fingerprint density at radius 2 is 2.05 bits per heavy atom. The van der Waals surface area contributed by atoms with Gasteiger partial charge in [0.25, 0.3) is 0 Å². The summed E-state index contributed by atoms with van der Waals surface area (Å²) in [6.07, 6.45) is 0. The minimum Gasteiger partial charge on any atom is -0.338 e. The molecule has 0 aromatic heterocycles. The number of rotatable bonds is 3. The number of nitrogens with two attached hydrogens (primary N) is 1. The highest BCUT2D eigenvalue weighted by Gasteiger charge is 2.28. The van der Waals surface area contributed by atoms with Crippen molar-refractivity contribution in [2.45, 2.75) is 25.9 Å². The van der Waals surface area contributed by atoms with Crippen LogP contribution in [-0.4, -0.2) is 36.5 Å². The van der Waals surface area contributed by atoms with Gasteiger partial charge in [0.1, 0.15) is 0 Å². The summed E-state index contributed by atoms with van der Waals surface area (Å²) >= 11 is 0. The van der Waals surface area contributed by atoms with Crippen molar-refractivity contribution in [1.29, 1.82) is 0 Å². The van der Waals surface area contributed by atoms with Crippen LogP contribution < -0.4 is 11.1 Å². The Morgan fingerprint density at radius 3 is 2.68 bits per heavy atom. The van der Waals surface area contributed by atoms with E-state index in [0.717, 1.165) is 13.1 Å². The fourth-order valence-electron chi connectivity index (χ4n) is 2.35. The zero-order valence-electron chi connectivity index (χ0n) is 11.7. The number of hydrogen-bond acceptors (Lipinski definition) is 3. The number of amides is 1. The molecule has 2 atom stereocenters. The second-order valence-corrected chi connectivity index (χ2v) is 5.47. The maximum Gasteiger partial charge on any atom is 0.239 e. The molecule has 1 aliphatic rings. The SMILES string of the molecule is CC(C)C(N)C(=O)N1CCNC(c2ccccc2)C1. The van der Waals surface area contributed by atoms with Crippen LogP contribution in [0.1, 0.15) is 25.5 Å². The molecule has 1 saturated heterocycles. The Kier molecular flexibility index (Phi) is 4.56. The molecule has 0 radical (unpaired) electrons. The van der Waals surface area contributed by atoms with Crippen LogP contribution >= 0.6 is 0 Å². The first-order valence-electron chi connectivity index (χ1n) is 6.92. The van der Waals surface area contributed by atoms with E-state index >= 15 is 0 Å².